The molecule has 0 heterocycles. The average Bonchev–Trinajstić information content (AvgIpc) is 2.62. The number of hydrogen-bond donors (Lipinski definition) is 0. The zero-order chi connectivity index (χ0) is 16.9. The van der Waals surface area contributed by atoms with E-state index in [0.717, 1.165) is 17.9 Å². The highest BCUT2D eigenvalue weighted by Crippen LogP contribution is 2.43. The Bertz CT molecular complexity index is 531. The van der Waals surface area contributed by atoms with Gasteiger partial charge in [0, 0.05) is 13.2 Å². The highest BCUT2D eigenvalue weighted by Gasteiger charge is 2.31. The summed E-state index contributed by atoms with van der Waals surface area (Å²) in [4.78, 5) is 0. The van der Waals surface area contributed by atoms with Gasteiger partial charge in [0.1, 0.15) is 0 Å². The summed E-state index contributed by atoms with van der Waals surface area (Å²) in [6, 6.07) is 7.69. The van der Waals surface area contributed by atoms with Crippen LogP contribution in [0.3, 0.4) is 0 Å². The van der Waals surface area contributed by atoms with E-state index in [0.29, 0.717) is 17.6 Å². The fraction of sp³-hybridized carbons (Fsp3) is 0.619. The van der Waals surface area contributed by atoms with Gasteiger partial charge < -0.3 is 4.74 Å². The molecule has 132 valence electrons. The molecule has 1 nitrogen and oxygen atoms in total. The van der Waals surface area contributed by atoms with Crippen LogP contribution in [0.4, 0.5) is 8.78 Å². The Hall–Kier alpha value is -1.22. The maximum absolute atomic E-state index is 12.3. The molecule has 2 aliphatic rings. The molecule has 1 aromatic carbocycles. The van der Waals surface area contributed by atoms with E-state index in [1.54, 1.807) is 0 Å². The molecule has 0 saturated heterocycles. The van der Waals surface area contributed by atoms with Crippen molar-refractivity contribution >= 4 is 6.08 Å². The van der Waals surface area contributed by atoms with Gasteiger partial charge in [-0.2, -0.15) is 8.78 Å². The largest absolute Gasteiger partial charge is 0.381 e. The van der Waals surface area contributed by atoms with E-state index in [1.807, 2.05) is 31.4 Å². The molecule has 2 aliphatic carbocycles. The summed E-state index contributed by atoms with van der Waals surface area (Å²) >= 11 is 0. The number of methoxy groups -OCH3 is 1. The molecule has 0 radical (unpaired) electrons. The standard InChI is InChI=1S/C21H28F2O/c1-24-20-12-10-19(11-13-20)18-8-6-17(7-9-18)16-4-2-15(3-5-16)14-21(22)23/h2-5,14,17-20H,6-13H2,1H3/t17-,18-,19-,20-. The molecule has 1 aromatic rings. The van der Waals surface area contributed by atoms with Crippen LogP contribution >= 0.6 is 0 Å². The van der Waals surface area contributed by atoms with E-state index >= 15 is 0 Å². The molecule has 3 rings (SSSR count). The third kappa shape index (κ3) is 4.44. The van der Waals surface area contributed by atoms with Crippen LogP contribution in [0.1, 0.15) is 68.4 Å². The molecule has 0 atom stereocenters. The van der Waals surface area contributed by atoms with Gasteiger partial charge in [-0.05, 0) is 80.2 Å². The first-order chi connectivity index (χ1) is 11.7. The average molecular weight is 334 g/mol. The van der Waals surface area contributed by atoms with Crippen molar-refractivity contribution in [2.45, 2.75) is 63.4 Å². The predicted octanol–water partition coefficient (Wildman–Crippen LogP) is 6.40. The van der Waals surface area contributed by atoms with Crippen molar-refractivity contribution in [3.05, 3.63) is 41.5 Å². The van der Waals surface area contributed by atoms with Crippen LogP contribution in [0, 0.1) is 11.8 Å². The summed E-state index contributed by atoms with van der Waals surface area (Å²) in [6.45, 7) is 0. The zero-order valence-electron chi connectivity index (χ0n) is 14.5. The minimum Gasteiger partial charge on any atom is -0.381 e. The zero-order valence-corrected chi connectivity index (χ0v) is 14.5. The highest BCUT2D eigenvalue weighted by molar-refractivity contribution is 5.50. The van der Waals surface area contributed by atoms with Gasteiger partial charge in [-0.15, -0.1) is 0 Å². The molecule has 0 aliphatic heterocycles. The summed E-state index contributed by atoms with van der Waals surface area (Å²) in [6.07, 6.45) is 9.97. The summed E-state index contributed by atoms with van der Waals surface area (Å²) in [7, 11) is 1.83. The minimum absolute atomic E-state index is 0.485. The molecule has 24 heavy (non-hydrogen) atoms. The lowest BCUT2D eigenvalue weighted by Gasteiger charge is -2.37. The van der Waals surface area contributed by atoms with E-state index in [4.69, 9.17) is 4.74 Å². The smallest absolute Gasteiger partial charge is 0.270 e. The van der Waals surface area contributed by atoms with Crippen molar-refractivity contribution < 1.29 is 13.5 Å². The minimum atomic E-state index is -1.63. The molecule has 0 spiro atoms. The Morgan fingerprint density at radius 1 is 0.875 bits per heavy atom. The Morgan fingerprint density at radius 2 is 1.42 bits per heavy atom. The molecular weight excluding hydrogens is 306 g/mol. The van der Waals surface area contributed by atoms with Gasteiger partial charge >= 0.3 is 0 Å². The van der Waals surface area contributed by atoms with Crippen molar-refractivity contribution in [2.24, 2.45) is 11.8 Å². The SMILES string of the molecule is CO[C@H]1CC[C@H]([C@H]2CC[C@H](c3ccc(C=C(F)F)cc3)CC2)CC1. The fourth-order valence-electron chi connectivity index (χ4n) is 4.71. The Balaban J connectivity index is 1.51. The van der Waals surface area contributed by atoms with Crippen molar-refractivity contribution in [1.29, 1.82) is 0 Å². The van der Waals surface area contributed by atoms with E-state index < -0.39 is 6.08 Å². The summed E-state index contributed by atoms with van der Waals surface area (Å²) < 4.78 is 30.1. The molecule has 0 unspecified atom stereocenters. The third-order valence-corrected chi connectivity index (χ3v) is 6.17. The van der Waals surface area contributed by atoms with Crippen LogP contribution in [-0.4, -0.2) is 13.2 Å². The second kappa shape index (κ2) is 8.24. The molecule has 3 heteroatoms. The molecule has 0 N–H and O–H groups in total. The first-order valence-corrected chi connectivity index (χ1v) is 9.31. The van der Waals surface area contributed by atoms with Gasteiger partial charge in [0.05, 0.1) is 6.10 Å². The summed E-state index contributed by atoms with van der Waals surface area (Å²) in [5.41, 5.74) is 1.90. The van der Waals surface area contributed by atoms with Gasteiger partial charge in [0.25, 0.3) is 6.08 Å². The molecule has 2 saturated carbocycles. The lowest BCUT2D eigenvalue weighted by atomic mass is 9.69. The second-order valence-electron chi connectivity index (χ2n) is 7.48. The van der Waals surface area contributed by atoms with Crippen LogP contribution in [0.25, 0.3) is 6.08 Å². The molecular formula is C21H28F2O. The van der Waals surface area contributed by atoms with E-state index in [-0.39, 0.29) is 0 Å². The Morgan fingerprint density at radius 3 is 1.92 bits per heavy atom. The maximum atomic E-state index is 12.3. The lowest BCUT2D eigenvalue weighted by molar-refractivity contribution is 0.0410. The lowest BCUT2D eigenvalue weighted by Crippen LogP contribution is -2.27. The summed E-state index contributed by atoms with van der Waals surface area (Å²) in [5, 5.41) is 0. The van der Waals surface area contributed by atoms with Gasteiger partial charge in [-0.1, -0.05) is 24.3 Å². The van der Waals surface area contributed by atoms with Crippen LogP contribution in [0.2, 0.25) is 0 Å². The monoisotopic (exact) mass is 334 g/mol. The number of hydrogen-bond acceptors (Lipinski definition) is 1. The predicted molar refractivity (Wildman–Crippen MR) is 94.1 cm³/mol. The van der Waals surface area contributed by atoms with E-state index in [2.05, 4.69) is 0 Å². The Labute approximate surface area is 144 Å². The second-order valence-corrected chi connectivity index (χ2v) is 7.48. The van der Waals surface area contributed by atoms with Gasteiger partial charge in [-0.3, -0.25) is 0 Å². The maximum Gasteiger partial charge on any atom is 0.270 e. The van der Waals surface area contributed by atoms with Gasteiger partial charge in [0.2, 0.25) is 0 Å². The van der Waals surface area contributed by atoms with E-state index in [9.17, 15) is 8.78 Å². The van der Waals surface area contributed by atoms with Crippen molar-refractivity contribution in [1.82, 2.24) is 0 Å². The molecule has 0 amide bonds. The molecule has 0 aromatic heterocycles. The third-order valence-electron chi connectivity index (χ3n) is 6.17. The molecule has 0 bridgehead atoms. The van der Waals surface area contributed by atoms with Crippen molar-refractivity contribution in [3.63, 3.8) is 0 Å². The van der Waals surface area contributed by atoms with E-state index in [1.165, 1.54) is 56.9 Å². The highest BCUT2D eigenvalue weighted by atomic mass is 19.3. The van der Waals surface area contributed by atoms with Crippen molar-refractivity contribution in [3.8, 4) is 0 Å². The summed E-state index contributed by atoms with van der Waals surface area (Å²) in [5.74, 6) is 2.36. The topological polar surface area (TPSA) is 9.23 Å². The quantitative estimate of drug-likeness (QED) is 0.619. The van der Waals surface area contributed by atoms with Crippen molar-refractivity contribution in [2.75, 3.05) is 7.11 Å². The number of rotatable bonds is 4. The normalized spacial score (nSPS) is 30.8. The number of ether oxygens (including phenoxy) is 1. The van der Waals surface area contributed by atoms with Gasteiger partial charge in [-0.25, -0.2) is 0 Å². The van der Waals surface area contributed by atoms with Gasteiger partial charge in [0.15, 0.2) is 0 Å². The fourth-order valence-corrected chi connectivity index (χ4v) is 4.71. The number of halogens is 2. The van der Waals surface area contributed by atoms with Crippen LogP contribution in [-0.2, 0) is 4.74 Å². The Kier molecular flexibility index (Phi) is 6.04. The first-order valence-electron chi connectivity index (χ1n) is 9.31. The molecule has 2 fully saturated rings. The number of benzene rings is 1. The first kappa shape index (κ1) is 17.6. The van der Waals surface area contributed by atoms with Crippen LogP contribution in [0.15, 0.2) is 30.3 Å². The van der Waals surface area contributed by atoms with Crippen LogP contribution in [0.5, 0.6) is 0 Å². The van der Waals surface area contributed by atoms with Crippen LogP contribution < -0.4 is 0 Å².